The SMILES string of the molecule is Clc1cnccc1CNC1CCCCCC1. The third-order valence-corrected chi connectivity index (χ3v) is 3.63. The number of nitrogens with zero attached hydrogens (tertiary/aromatic N) is 1. The molecule has 0 aromatic carbocycles. The van der Waals surface area contributed by atoms with Crippen molar-refractivity contribution in [2.45, 2.75) is 51.1 Å². The van der Waals surface area contributed by atoms with Crippen molar-refractivity contribution < 1.29 is 0 Å². The molecule has 1 aromatic heterocycles. The van der Waals surface area contributed by atoms with Crippen molar-refractivity contribution in [1.29, 1.82) is 0 Å². The molecule has 1 aliphatic carbocycles. The Hall–Kier alpha value is -0.600. The Labute approximate surface area is 102 Å². The smallest absolute Gasteiger partial charge is 0.0634 e. The van der Waals surface area contributed by atoms with Gasteiger partial charge in [0.25, 0.3) is 0 Å². The van der Waals surface area contributed by atoms with Gasteiger partial charge in [-0.3, -0.25) is 4.98 Å². The first-order chi connectivity index (χ1) is 7.86. The lowest BCUT2D eigenvalue weighted by atomic mass is 10.1. The fraction of sp³-hybridized carbons (Fsp3) is 0.615. The summed E-state index contributed by atoms with van der Waals surface area (Å²) in [5.41, 5.74) is 1.15. The first kappa shape index (κ1) is 11.9. The van der Waals surface area contributed by atoms with Crippen LogP contribution >= 0.6 is 11.6 Å². The number of hydrogen-bond acceptors (Lipinski definition) is 2. The number of pyridine rings is 1. The fourth-order valence-electron chi connectivity index (χ4n) is 2.29. The molecule has 0 bridgehead atoms. The van der Waals surface area contributed by atoms with Gasteiger partial charge in [0.1, 0.15) is 0 Å². The molecule has 1 aromatic rings. The minimum atomic E-state index is 0.673. The molecule has 1 fully saturated rings. The molecular formula is C13H19ClN2. The van der Waals surface area contributed by atoms with Gasteiger partial charge in [0.15, 0.2) is 0 Å². The zero-order valence-electron chi connectivity index (χ0n) is 9.58. The molecule has 0 saturated heterocycles. The molecule has 16 heavy (non-hydrogen) atoms. The quantitative estimate of drug-likeness (QED) is 0.815. The van der Waals surface area contributed by atoms with Gasteiger partial charge in [-0.1, -0.05) is 37.3 Å². The van der Waals surface area contributed by atoms with E-state index in [-0.39, 0.29) is 0 Å². The van der Waals surface area contributed by atoms with E-state index in [1.54, 1.807) is 12.4 Å². The Morgan fingerprint density at radius 3 is 2.69 bits per heavy atom. The van der Waals surface area contributed by atoms with Gasteiger partial charge < -0.3 is 5.32 Å². The first-order valence-corrected chi connectivity index (χ1v) is 6.56. The summed E-state index contributed by atoms with van der Waals surface area (Å²) in [5.74, 6) is 0. The van der Waals surface area contributed by atoms with Crippen molar-refractivity contribution in [3.05, 3.63) is 29.0 Å². The van der Waals surface area contributed by atoms with Crippen LogP contribution in [0.15, 0.2) is 18.5 Å². The van der Waals surface area contributed by atoms with Crippen LogP contribution < -0.4 is 5.32 Å². The fourth-order valence-corrected chi connectivity index (χ4v) is 2.47. The van der Waals surface area contributed by atoms with Crippen LogP contribution in [0.3, 0.4) is 0 Å². The summed E-state index contributed by atoms with van der Waals surface area (Å²) < 4.78 is 0. The number of nitrogens with one attached hydrogen (secondary N) is 1. The van der Waals surface area contributed by atoms with E-state index in [2.05, 4.69) is 10.3 Å². The lowest BCUT2D eigenvalue weighted by molar-refractivity contribution is 0.459. The van der Waals surface area contributed by atoms with E-state index in [4.69, 9.17) is 11.6 Å². The number of halogens is 1. The normalized spacial score (nSPS) is 18.3. The van der Waals surface area contributed by atoms with Crippen LogP contribution in [0.1, 0.15) is 44.1 Å². The minimum Gasteiger partial charge on any atom is -0.310 e. The van der Waals surface area contributed by atoms with Crippen LogP contribution in [0.4, 0.5) is 0 Å². The van der Waals surface area contributed by atoms with Crippen LogP contribution in [-0.4, -0.2) is 11.0 Å². The summed E-state index contributed by atoms with van der Waals surface area (Å²) >= 11 is 6.07. The lowest BCUT2D eigenvalue weighted by Crippen LogP contribution is -2.27. The molecule has 0 amide bonds. The van der Waals surface area contributed by atoms with Gasteiger partial charge in [0.05, 0.1) is 5.02 Å². The lowest BCUT2D eigenvalue weighted by Gasteiger charge is -2.16. The molecule has 1 saturated carbocycles. The van der Waals surface area contributed by atoms with Gasteiger partial charge in [-0.15, -0.1) is 0 Å². The zero-order chi connectivity index (χ0) is 11.2. The highest BCUT2D eigenvalue weighted by Gasteiger charge is 2.11. The predicted octanol–water partition coefficient (Wildman–Crippen LogP) is 3.55. The maximum Gasteiger partial charge on any atom is 0.0634 e. The maximum absolute atomic E-state index is 6.07. The van der Waals surface area contributed by atoms with E-state index in [0.717, 1.165) is 17.1 Å². The molecule has 2 nitrogen and oxygen atoms in total. The van der Waals surface area contributed by atoms with E-state index in [0.29, 0.717) is 6.04 Å². The molecule has 0 spiro atoms. The summed E-state index contributed by atoms with van der Waals surface area (Å²) in [6, 6.07) is 2.66. The Balaban J connectivity index is 1.84. The summed E-state index contributed by atoms with van der Waals surface area (Å²) in [4.78, 5) is 3.99. The van der Waals surface area contributed by atoms with Gasteiger partial charge in [0, 0.05) is 25.0 Å². The van der Waals surface area contributed by atoms with Crippen LogP contribution in [0.25, 0.3) is 0 Å². The monoisotopic (exact) mass is 238 g/mol. The van der Waals surface area contributed by atoms with Crippen molar-refractivity contribution in [1.82, 2.24) is 10.3 Å². The van der Waals surface area contributed by atoms with E-state index in [1.807, 2.05) is 6.07 Å². The second-order valence-corrected chi connectivity index (χ2v) is 4.94. The van der Waals surface area contributed by atoms with Crippen molar-refractivity contribution in [3.63, 3.8) is 0 Å². The highest BCUT2D eigenvalue weighted by Crippen LogP contribution is 2.19. The largest absolute Gasteiger partial charge is 0.310 e. The second-order valence-electron chi connectivity index (χ2n) is 4.54. The first-order valence-electron chi connectivity index (χ1n) is 6.18. The molecule has 3 heteroatoms. The topological polar surface area (TPSA) is 24.9 Å². The third-order valence-electron chi connectivity index (χ3n) is 3.29. The molecular weight excluding hydrogens is 220 g/mol. The van der Waals surface area contributed by atoms with Gasteiger partial charge in [-0.25, -0.2) is 0 Å². The minimum absolute atomic E-state index is 0.673. The van der Waals surface area contributed by atoms with E-state index in [9.17, 15) is 0 Å². The molecule has 1 N–H and O–H groups in total. The van der Waals surface area contributed by atoms with Gasteiger partial charge in [-0.05, 0) is 24.5 Å². The van der Waals surface area contributed by atoms with Gasteiger partial charge in [0.2, 0.25) is 0 Å². The number of rotatable bonds is 3. The number of hydrogen-bond donors (Lipinski definition) is 1. The van der Waals surface area contributed by atoms with E-state index >= 15 is 0 Å². The van der Waals surface area contributed by atoms with Crippen molar-refractivity contribution in [2.75, 3.05) is 0 Å². The molecule has 88 valence electrons. The Morgan fingerprint density at radius 2 is 2.00 bits per heavy atom. The zero-order valence-corrected chi connectivity index (χ0v) is 10.3. The third kappa shape index (κ3) is 3.46. The molecule has 0 atom stereocenters. The van der Waals surface area contributed by atoms with Crippen molar-refractivity contribution in [2.24, 2.45) is 0 Å². The summed E-state index contributed by atoms with van der Waals surface area (Å²) in [6.45, 7) is 0.867. The maximum atomic E-state index is 6.07. The standard InChI is InChI=1S/C13H19ClN2/c14-13-10-15-8-7-11(13)9-16-12-5-3-1-2-4-6-12/h7-8,10,12,16H,1-6,9H2. The van der Waals surface area contributed by atoms with Gasteiger partial charge in [-0.2, -0.15) is 0 Å². The van der Waals surface area contributed by atoms with Crippen LogP contribution in [-0.2, 0) is 6.54 Å². The van der Waals surface area contributed by atoms with Gasteiger partial charge >= 0.3 is 0 Å². The second kappa shape index (κ2) is 6.21. The Bertz CT molecular complexity index is 319. The Kier molecular flexibility index (Phi) is 4.61. The molecule has 1 aliphatic rings. The van der Waals surface area contributed by atoms with Crippen LogP contribution in [0, 0.1) is 0 Å². The highest BCUT2D eigenvalue weighted by atomic mass is 35.5. The van der Waals surface area contributed by atoms with Crippen LogP contribution in [0.2, 0.25) is 5.02 Å². The number of aromatic nitrogens is 1. The van der Waals surface area contributed by atoms with E-state index in [1.165, 1.54) is 38.5 Å². The summed E-state index contributed by atoms with van der Waals surface area (Å²) in [5, 5.41) is 4.37. The average molecular weight is 239 g/mol. The highest BCUT2D eigenvalue weighted by molar-refractivity contribution is 6.31. The van der Waals surface area contributed by atoms with Crippen molar-refractivity contribution >= 4 is 11.6 Å². The molecule has 0 radical (unpaired) electrons. The van der Waals surface area contributed by atoms with Crippen LogP contribution in [0.5, 0.6) is 0 Å². The average Bonchev–Trinajstić information content (AvgIpc) is 2.56. The molecule has 0 aliphatic heterocycles. The molecule has 1 heterocycles. The van der Waals surface area contributed by atoms with Crippen molar-refractivity contribution in [3.8, 4) is 0 Å². The Morgan fingerprint density at radius 1 is 1.25 bits per heavy atom. The summed E-state index contributed by atoms with van der Waals surface area (Å²) in [6.07, 6.45) is 11.7. The summed E-state index contributed by atoms with van der Waals surface area (Å²) in [7, 11) is 0. The molecule has 0 unspecified atom stereocenters. The predicted molar refractivity (Wildman–Crippen MR) is 67.6 cm³/mol. The molecule has 2 rings (SSSR count). The van der Waals surface area contributed by atoms with E-state index < -0.39 is 0 Å².